The van der Waals surface area contributed by atoms with Gasteiger partial charge in [0, 0.05) is 43.2 Å². The lowest BCUT2D eigenvalue weighted by Gasteiger charge is -2.12. The minimum Gasteiger partial charge on any atom is -0.369 e. The van der Waals surface area contributed by atoms with E-state index in [0.717, 1.165) is 29.5 Å². The number of aromatic nitrogens is 5. The minimum atomic E-state index is -4.57. The predicted octanol–water partition coefficient (Wildman–Crippen LogP) is 3.38. The Hall–Kier alpha value is -4.99. The molecule has 0 saturated carbocycles. The van der Waals surface area contributed by atoms with E-state index in [1.165, 1.54) is 12.3 Å². The first kappa shape index (κ1) is 25.7. The molecule has 1 atom stereocenters. The number of nitrogens with two attached hydrogens (primary N) is 1. The molecule has 0 aliphatic carbocycles. The highest BCUT2D eigenvalue weighted by molar-refractivity contribution is 6.02. The Morgan fingerprint density at radius 2 is 1.92 bits per heavy atom. The molecule has 198 valence electrons. The number of anilines is 2. The second kappa shape index (κ2) is 10.1. The van der Waals surface area contributed by atoms with Gasteiger partial charge in [-0.25, -0.2) is 15.0 Å². The van der Waals surface area contributed by atoms with Crippen LogP contribution >= 0.6 is 0 Å². The zero-order valence-electron chi connectivity index (χ0n) is 20.5. The summed E-state index contributed by atoms with van der Waals surface area (Å²) in [4.78, 5) is 43.5. The van der Waals surface area contributed by atoms with Gasteiger partial charge >= 0.3 is 6.18 Å². The molecule has 0 bridgehead atoms. The largest absolute Gasteiger partial charge is 0.416 e. The smallest absolute Gasteiger partial charge is 0.369 e. The zero-order valence-corrected chi connectivity index (χ0v) is 20.5. The Morgan fingerprint density at radius 1 is 1.13 bits per heavy atom. The number of carbonyl (C=O) groups excluding carboxylic acids is 2. The third kappa shape index (κ3) is 5.08. The summed E-state index contributed by atoms with van der Waals surface area (Å²) >= 11 is 0. The summed E-state index contributed by atoms with van der Waals surface area (Å²) in [5, 5.41) is 2.33. The summed E-state index contributed by atoms with van der Waals surface area (Å²) in [6.45, 7) is 2.63. The summed E-state index contributed by atoms with van der Waals surface area (Å²) in [5.74, 6) is 4.57. The number of alkyl halides is 3. The van der Waals surface area contributed by atoms with Gasteiger partial charge in [-0.1, -0.05) is 5.92 Å². The second-order valence-electron chi connectivity index (χ2n) is 8.77. The molecule has 39 heavy (non-hydrogen) atoms. The first-order valence-electron chi connectivity index (χ1n) is 11.8. The van der Waals surface area contributed by atoms with Crippen LogP contribution in [0.1, 0.15) is 41.0 Å². The maximum atomic E-state index is 13.0. The number of amides is 2. The maximum Gasteiger partial charge on any atom is 0.416 e. The molecule has 4 aromatic heterocycles. The SMILES string of the molecule is CC#CC(=O)N1CCC(c2nc(-c3ccc(C(=O)Nc4cc(C(F)(F)F)ccn4)nc3)n3c(N)nccc23)C1. The Balaban J connectivity index is 1.41. The molecule has 1 aliphatic rings. The van der Waals surface area contributed by atoms with E-state index in [4.69, 9.17) is 10.7 Å². The van der Waals surface area contributed by atoms with Gasteiger partial charge in [-0.15, -0.1) is 0 Å². The van der Waals surface area contributed by atoms with Crippen LogP contribution in [-0.4, -0.2) is 54.1 Å². The topological polar surface area (TPSA) is 131 Å². The molecule has 1 aliphatic heterocycles. The van der Waals surface area contributed by atoms with Crippen molar-refractivity contribution < 1.29 is 22.8 Å². The number of halogens is 3. The molecule has 13 heteroatoms. The average molecular weight is 535 g/mol. The average Bonchev–Trinajstić information content (AvgIpc) is 3.55. The van der Waals surface area contributed by atoms with Crippen LogP contribution in [0.25, 0.3) is 16.9 Å². The van der Waals surface area contributed by atoms with Crippen LogP contribution in [0.2, 0.25) is 0 Å². The molecule has 2 amide bonds. The van der Waals surface area contributed by atoms with E-state index in [0.29, 0.717) is 30.9 Å². The standard InChI is InChI=1S/C26H21F3N8O2/c1-2-3-21(38)36-11-8-16(14-36)22-19-7-10-32-25(30)37(19)23(35-22)15-4-5-18(33-13-15)24(39)34-20-12-17(6-9-31-20)26(27,28)29/h4-7,9-10,12-13,16H,8,11,14H2,1H3,(H2,30,32)(H,31,34,39). The number of pyridine rings is 2. The van der Waals surface area contributed by atoms with Crippen LogP contribution in [0.15, 0.2) is 48.9 Å². The monoisotopic (exact) mass is 534 g/mol. The number of fused-ring (bicyclic) bond motifs is 1. The number of hydrogen-bond donors (Lipinski definition) is 2. The lowest BCUT2D eigenvalue weighted by Crippen LogP contribution is -2.26. The number of likely N-dealkylation sites (tertiary alicyclic amines) is 1. The van der Waals surface area contributed by atoms with Gasteiger partial charge in [0.1, 0.15) is 17.3 Å². The number of imidazole rings is 1. The summed E-state index contributed by atoms with van der Waals surface area (Å²) < 4.78 is 40.6. The van der Waals surface area contributed by atoms with Crippen molar-refractivity contribution in [3.63, 3.8) is 0 Å². The van der Waals surface area contributed by atoms with E-state index in [1.807, 2.05) is 0 Å². The summed E-state index contributed by atoms with van der Waals surface area (Å²) in [5.41, 5.74) is 7.23. The van der Waals surface area contributed by atoms with Gasteiger partial charge in [-0.05, 0) is 49.6 Å². The fourth-order valence-electron chi connectivity index (χ4n) is 4.45. The van der Waals surface area contributed by atoms with Crippen molar-refractivity contribution in [2.24, 2.45) is 0 Å². The number of carbonyl (C=O) groups is 2. The number of hydrogen-bond acceptors (Lipinski definition) is 7. The Labute approximate surface area is 220 Å². The lowest BCUT2D eigenvalue weighted by molar-refractivity contribution is -0.137. The first-order chi connectivity index (χ1) is 18.7. The highest BCUT2D eigenvalue weighted by Crippen LogP contribution is 2.34. The Kier molecular flexibility index (Phi) is 6.61. The molecule has 3 N–H and O–H groups in total. The van der Waals surface area contributed by atoms with E-state index < -0.39 is 17.6 Å². The van der Waals surface area contributed by atoms with E-state index in [9.17, 15) is 22.8 Å². The van der Waals surface area contributed by atoms with Crippen molar-refractivity contribution in [1.82, 2.24) is 29.2 Å². The van der Waals surface area contributed by atoms with E-state index in [1.54, 1.807) is 34.6 Å². The fourth-order valence-corrected chi connectivity index (χ4v) is 4.45. The Morgan fingerprint density at radius 3 is 2.64 bits per heavy atom. The molecule has 0 radical (unpaired) electrons. The van der Waals surface area contributed by atoms with Crippen LogP contribution in [0.4, 0.5) is 24.9 Å². The third-order valence-corrected chi connectivity index (χ3v) is 6.29. The first-order valence-corrected chi connectivity index (χ1v) is 11.8. The highest BCUT2D eigenvalue weighted by atomic mass is 19.4. The summed E-state index contributed by atoms with van der Waals surface area (Å²) in [6, 6.07) is 6.37. The summed E-state index contributed by atoms with van der Waals surface area (Å²) in [7, 11) is 0. The number of rotatable bonds is 4. The molecule has 5 heterocycles. The molecule has 10 nitrogen and oxygen atoms in total. The third-order valence-electron chi connectivity index (χ3n) is 6.29. The number of nitrogen functional groups attached to an aromatic ring is 1. The lowest BCUT2D eigenvalue weighted by atomic mass is 10.0. The minimum absolute atomic E-state index is 0.0351. The maximum absolute atomic E-state index is 13.0. The van der Waals surface area contributed by atoms with Crippen LogP contribution in [-0.2, 0) is 11.0 Å². The van der Waals surface area contributed by atoms with Crippen molar-refractivity contribution in [1.29, 1.82) is 0 Å². The number of nitrogens with one attached hydrogen (secondary N) is 1. The molecule has 0 spiro atoms. The molecule has 0 aromatic carbocycles. The van der Waals surface area contributed by atoms with Gasteiger partial charge in [-0.2, -0.15) is 13.2 Å². The zero-order chi connectivity index (χ0) is 27.7. The van der Waals surface area contributed by atoms with Crippen LogP contribution in [0, 0.1) is 11.8 Å². The molecular formula is C26H21F3N8O2. The molecule has 1 unspecified atom stereocenters. The normalized spacial score (nSPS) is 15.2. The van der Waals surface area contributed by atoms with E-state index in [-0.39, 0.29) is 29.3 Å². The van der Waals surface area contributed by atoms with Crippen molar-refractivity contribution in [2.45, 2.75) is 25.4 Å². The summed E-state index contributed by atoms with van der Waals surface area (Å²) in [6.07, 6.45) is 0.0899. The molecule has 5 rings (SSSR count). The second-order valence-corrected chi connectivity index (χ2v) is 8.77. The van der Waals surface area contributed by atoms with Crippen LogP contribution in [0.5, 0.6) is 0 Å². The highest BCUT2D eigenvalue weighted by Gasteiger charge is 2.32. The van der Waals surface area contributed by atoms with Crippen molar-refractivity contribution in [3.05, 3.63) is 65.9 Å². The number of nitrogens with zero attached hydrogens (tertiary/aromatic N) is 6. The van der Waals surface area contributed by atoms with Crippen molar-refractivity contribution >= 4 is 29.1 Å². The van der Waals surface area contributed by atoms with E-state index >= 15 is 0 Å². The van der Waals surface area contributed by atoms with Crippen molar-refractivity contribution in [2.75, 3.05) is 24.1 Å². The Bertz CT molecular complexity index is 1640. The van der Waals surface area contributed by atoms with E-state index in [2.05, 4.69) is 32.1 Å². The van der Waals surface area contributed by atoms with Gasteiger partial charge in [-0.3, -0.25) is 19.0 Å². The van der Waals surface area contributed by atoms with Crippen LogP contribution < -0.4 is 11.1 Å². The molecular weight excluding hydrogens is 513 g/mol. The molecule has 4 aromatic rings. The van der Waals surface area contributed by atoms with Gasteiger partial charge < -0.3 is 16.0 Å². The predicted molar refractivity (Wildman–Crippen MR) is 135 cm³/mol. The fraction of sp³-hybridized carbons (Fsp3) is 0.231. The van der Waals surface area contributed by atoms with Crippen LogP contribution in [0.3, 0.4) is 0 Å². The molecule has 1 fully saturated rings. The quantitative estimate of drug-likeness (QED) is 0.384. The van der Waals surface area contributed by atoms with Crippen molar-refractivity contribution in [3.8, 4) is 23.2 Å². The van der Waals surface area contributed by atoms with Gasteiger partial charge in [0.05, 0.1) is 16.8 Å². The van der Waals surface area contributed by atoms with Gasteiger partial charge in [0.25, 0.3) is 11.8 Å². The van der Waals surface area contributed by atoms with Gasteiger partial charge in [0.15, 0.2) is 0 Å². The van der Waals surface area contributed by atoms with Gasteiger partial charge in [0.2, 0.25) is 5.95 Å². The molecule has 1 saturated heterocycles.